The molecule has 0 amide bonds. The molecule has 0 saturated heterocycles. The van der Waals surface area contributed by atoms with Crippen LogP contribution in [0.15, 0.2) is 12.1 Å². The van der Waals surface area contributed by atoms with Gasteiger partial charge in [0.25, 0.3) is 5.69 Å². The maximum atomic E-state index is 10.7. The third kappa shape index (κ3) is 2.51. The van der Waals surface area contributed by atoms with E-state index in [1.165, 1.54) is 12.1 Å². The summed E-state index contributed by atoms with van der Waals surface area (Å²) in [6.45, 7) is -0.0166. The van der Waals surface area contributed by atoms with Crippen LogP contribution >= 0.6 is 0 Å². The average Bonchev–Trinajstić information content (AvgIpc) is 2.77. The maximum Gasteiger partial charge on any atom is 0.276 e. The fourth-order valence-electron chi connectivity index (χ4n) is 2.35. The van der Waals surface area contributed by atoms with E-state index in [0.29, 0.717) is 5.82 Å². The molecule has 0 aromatic carbocycles. The van der Waals surface area contributed by atoms with Crippen molar-refractivity contribution in [2.24, 2.45) is 0 Å². The zero-order valence-electron chi connectivity index (χ0n) is 9.93. The van der Waals surface area contributed by atoms with Crippen molar-refractivity contribution in [2.75, 3.05) is 17.7 Å². The molecule has 0 bridgehead atoms. The molecular formula is C11H16N4O3. The number of aliphatic hydroxyl groups is 1. The molecule has 18 heavy (non-hydrogen) atoms. The summed E-state index contributed by atoms with van der Waals surface area (Å²) in [7, 11) is 0. The van der Waals surface area contributed by atoms with E-state index in [1.54, 1.807) is 0 Å². The number of hydrogen-bond donors (Lipinski definition) is 3. The van der Waals surface area contributed by atoms with Crippen LogP contribution in [0, 0.1) is 10.1 Å². The fraction of sp³-hybridized carbons (Fsp3) is 0.545. The fourth-order valence-corrected chi connectivity index (χ4v) is 2.35. The largest absolute Gasteiger partial charge is 0.394 e. The molecule has 1 aromatic heterocycles. The van der Waals surface area contributed by atoms with Gasteiger partial charge in [0, 0.05) is 0 Å². The molecule has 0 spiro atoms. The summed E-state index contributed by atoms with van der Waals surface area (Å²) in [5.41, 5.74) is 5.02. The van der Waals surface area contributed by atoms with Crippen molar-refractivity contribution in [3.63, 3.8) is 0 Å². The van der Waals surface area contributed by atoms with Crippen molar-refractivity contribution < 1.29 is 10.0 Å². The highest BCUT2D eigenvalue weighted by atomic mass is 16.6. The molecule has 0 aliphatic heterocycles. The maximum absolute atomic E-state index is 10.7. The molecule has 0 unspecified atom stereocenters. The van der Waals surface area contributed by atoms with Gasteiger partial charge in [0.1, 0.15) is 11.6 Å². The number of nitro groups is 1. The molecule has 98 valence electrons. The second kappa shape index (κ2) is 4.77. The zero-order valence-corrected chi connectivity index (χ0v) is 9.93. The molecule has 1 heterocycles. The molecule has 1 saturated carbocycles. The van der Waals surface area contributed by atoms with Crippen LogP contribution < -0.4 is 11.1 Å². The number of pyridine rings is 1. The van der Waals surface area contributed by atoms with Crippen LogP contribution in [0.3, 0.4) is 0 Å². The van der Waals surface area contributed by atoms with E-state index in [2.05, 4.69) is 10.3 Å². The van der Waals surface area contributed by atoms with E-state index < -0.39 is 10.5 Å². The first-order chi connectivity index (χ1) is 8.54. The highest BCUT2D eigenvalue weighted by Crippen LogP contribution is 2.33. The summed E-state index contributed by atoms with van der Waals surface area (Å²) in [4.78, 5) is 14.3. The van der Waals surface area contributed by atoms with Gasteiger partial charge in [-0.3, -0.25) is 10.1 Å². The Kier molecular flexibility index (Phi) is 3.33. The Bertz CT molecular complexity index is 458. The molecule has 2 rings (SSSR count). The molecule has 1 aromatic rings. The van der Waals surface area contributed by atoms with Crippen molar-refractivity contribution in [2.45, 2.75) is 31.2 Å². The van der Waals surface area contributed by atoms with E-state index in [-0.39, 0.29) is 18.1 Å². The average molecular weight is 252 g/mol. The van der Waals surface area contributed by atoms with Gasteiger partial charge in [0.2, 0.25) is 0 Å². The quantitative estimate of drug-likeness (QED) is 0.549. The topological polar surface area (TPSA) is 114 Å². The molecule has 0 atom stereocenters. The molecule has 1 fully saturated rings. The molecule has 7 nitrogen and oxygen atoms in total. The first kappa shape index (κ1) is 12.6. The Morgan fingerprint density at radius 2 is 2.17 bits per heavy atom. The summed E-state index contributed by atoms with van der Waals surface area (Å²) in [6, 6.07) is 2.55. The van der Waals surface area contributed by atoms with Gasteiger partial charge in [-0.05, 0) is 12.8 Å². The SMILES string of the molecule is Nc1cc([N+](=O)[O-])cc(NC2(CO)CCCC2)n1. The highest BCUT2D eigenvalue weighted by Gasteiger charge is 2.33. The van der Waals surface area contributed by atoms with Crippen molar-refractivity contribution in [1.29, 1.82) is 0 Å². The van der Waals surface area contributed by atoms with E-state index in [1.807, 2.05) is 0 Å². The molecule has 4 N–H and O–H groups in total. The number of nitrogens with two attached hydrogens (primary N) is 1. The zero-order chi connectivity index (χ0) is 13.2. The van der Waals surface area contributed by atoms with Crippen LogP contribution in [0.5, 0.6) is 0 Å². The highest BCUT2D eigenvalue weighted by molar-refractivity contribution is 5.53. The molecular weight excluding hydrogens is 236 g/mol. The standard InChI is InChI=1S/C11H16N4O3/c12-9-5-8(15(17)18)6-10(13-9)14-11(7-16)3-1-2-4-11/h5-6,16H,1-4,7H2,(H3,12,13,14). The minimum absolute atomic E-state index is 0.0166. The summed E-state index contributed by atoms with van der Waals surface area (Å²) in [6.07, 6.45) is 3.71. The Morgan fingerprint density at radius 1 is 1.50 bits per heavy atom. The minimum Gasteiger partial charge on any atom is -0.394 e. The van der Waals surface area contributed by atoms with Gasteiger partial charge in [0.15, 0.2) is 0 Å². The van der Waals surface area contributed by atoms with Crippen LogP contribution in [0.2, 0.25) is 0 Å². The minimum atomic E-state index is -0.510. The molecule has 0 radical (unpaired) electrons. The molecule has 1 aliphatic rings. The summed E-state index contributed by atoms with van der Waals surface area (Å²) >= 11 is 0. The van der Waals surface area contributed by atoms with Crippen molar-refractivity contribution in [3.05, 3.63) is 22.2 Å². The van der Waals surface area contributed by atoms with Gasteiger partial charge in [-0.15, -0.1) is 0 Å². The number of hydrogen-bond acceptors (Lipinski definition) is 6. The van der Waals surface area contributed by atoms with E-state index in [0.717, 1.165) is 25.7 Å². The Labute approximate surface area is 104 Å². The second-order valence-electron chi connectivity index (χ2n) is 4.66. The number of nitrogens with one attached hydrogen (secondary N) is 1. The van der Waals surface area contributed by atoms with Crippen molar-refractivity contribution >= 4 is 17.3 Å². The third-order valence-corrected chi connectivity index (χ3v) is 3.30. The van der Waals surface area contributed by atoms with Gasteiger partial charge in [-0.25, -0.2) is 4.98 Å². The lowest BCUT2D eigenvalue weighted by Crippen LogP contribution is -2.39. The number of anilines is 2. The Balaban J connectivity index is 2.25. The number of aliphatic hydroxyl groups excluding tert-OH is 1. The van der Waals surface area contributed by atoms with E-state index in [9.17, 15) is 15.2 Å². The number of nitrogen functional groups attached to an aromatic ring is 1. The predicted octanol–water partition coefficient (Wildman–Crippen LogP) is 1.29. The van der Waals surface area contributed by atoms with Crippen LogP contribution in [0.25, 0.3) is 0 Å². The van der Waals surface area contributed by atoms with Crippen LogP contribution in [-0.4, -0.2) is 27.2 Å². The van der Waals surface area contributed by atoms with Gasteiger partial charge in [-0.1, -0.05) is 12.8 Å². The molecule has 7 heteroatoms. The number of nitrogens with zero attached hydrogens (tertiary/aromatic N) is 2. The van der Waals surface area contributed by atoms with Gasteiger partial charge in [-0.2, -0.15) is 0 Å². The lowest BCUT2D eigenvalue weighted by atomic mass is 9.99. The van der Waals surface area contributed by atoms with Gasteiger partial charge < -0.3 is 16.2 Å². The summed E-state index contributed by atoms with van der Waals surface area (Å²) < 4.78 is 0. The van der Waals surface area contributed by atoms with Crippen LogP contribution in [-0.2, 0) is 0 Å². The first-order valence-electron chi connectivity index (χ1n) is 5.86. The van der Waals surface area contributed by atoms with Crippen LogP contribution in [0.4, 0.5) is 17.3 Å². The number of rotatable bonds is 4. The lowest BCUT2D eigenvalue weighted by molar-refractivity contribution is -0.384. The monoisotopic (exact) mass is 252 g/mol. The smallest absolute Gasteiger partial charge is 0.276 e. The van der Waals surface area contributed by atoms with E-state index in [4.69, 9.17) is 5.73 Å². The van der Waals surface area contributed by atoms with Crippen molar-refractivity contribution in [1.82, 2.24) is 4.98 Å². The third-order valence-electron chi connectivity index (χ3n) is 3.30. The predicted molar refractivity (Wildman–Crippen MR) is 67.2 cm³/mol. The van der Waals surface area contributed by atoms with E-state index >= 15 is 0 Å². The first-order valence-corrected chi connectivity index (χ1v) is 5.86. The summed E-state index contributed by atoms with van der Waals surface area (Å²) in [5.74, 6) is 0.440. The Morgan fingerprint density at radius 3 is 2.72 bits per heavy atom. The van der Waals surface area contributed by atoms with Crippen LogP contribution in [0.1, 0.15) is 25.7 Å². The van der Waals surface area contributed by atoms with Gasteiger partial charge in [0.05, 0.1) is 29.2 Å². The van der Waals surface area contributed by atoms with Crippen molar-refractivity contribution in [3.8, 4) is 0 Å². The summed E-state index contributed by atoms with van der Waals surface area (Å²) in [5, 5.41) is 23.3. The molecule has 1 aliphatic carbocycles. The van der Waals surface area contributed by atoms with Gasteiger partial charge >= 0.3 is 0 Å². The Hall–Kier alpha value is -1.89. The normalized spacial score (nSPS) is 17.6. The number of aromatic nitrogens is 1. The second-order valence-corrected chi connectivity index (χ2v) is 4.66. The lowest BCUT2D eigenvalue weighted by Gasteiger charge is -2.28.